The molecule has 0 heterocycles. The van der Waals surface area contributed by atoms with Crippen LogP contribution in [0, 0.1) is 30.5 Å². The Morgan fingerprint density at radius 3 is 2.78 bits per heavy atom. The maximum atomic E-state index is 13.4. The quantitative estimate of drug-likeness (QED) is 0.846. The number of aryl methyl sites for hydroxylation is 1. The molecular formula is C18H22FNO3. The van der Waals surface area contributed by atoms with Gasteiger partial charge in [-0.1, -0.05) is 12.5 Å². The second-order valence-corrected chi connectivity index (χ2v) is 6.81. The number of amides is 1. The molecule has 4 nitrogen and oxygen atoms in total. The van der Waals surface area contributed by atoms with Crippen molar-refractivity contribution < 1.29 is 18.7 Å². The van der Waals surface area contributed by atoms with E-state index in [0.717, 1.165) is 12.3 Å². The third kappa shape index (κ3) is 3.89. The molecule has 1 N–H and O–H groups in total. The predicted octanol–water partition coefficient (Wildman–Crippen LogP) is 3.44. The van der Waals surface area contributed by atoms with E-state index in [1.807, 2.05) is 0 Å². The summed E-state index contributed by atoms with van der Waals surface area (Å²) in [4.78, 5) is 23.6. The Morgan fingerprint density at radius 2 is 2.13 bits per heavy atom. The fraction of sp³-hybridized carbons (Fsp3) is 0.556. The van der Waals surface area contributed by atoms with E-state index in [4.69, 9.17) is 4.74 Å². The molecule has 23 heavy (non-hydrogen) atoms. The van der Waals surface area contributed by atoms with Crippen molar-refractivity contribution in [2.75, 3.05) is 11.9 Å². The molecule has 1 aromatic rings. The van der Waals surface area contributed by atoms with E-state index in [-0.39, 0.29) is 18.4 Å². The average molecular weight is 319 g/mol. The lowest BCUT2D eigenvalue weighted by atomic mass is 9.86. The maximum Gasteiger partial charge on any atom is 0.306 e. The largest absolute Gasteiger partial charge is 0.456 e. The molecule has 0 radical (unpaired) electrons. The first-order valence-corrected chi connectivity index (χ1v) is 8.23. The Morgan fingerprint density at radius 1 is 1.30 bits per heavy atom. The molecular weight excluding hydrogens is 297 g/mol. The molecule has 0 unspecified atom stereocenters. The van der Waals surface area contributed by atoms with Crippen molar-refractivity contribution in [3.8, 4) is 0 Å². The summed E-state index contributed by atoms with van der Waals surface area (Å²) >= 11 is 0. The molecule has 0 spiro atoms. The molecule has 1 amide bonds. The predicted molar refractivity (Wildman–Crippen MR) is 84.3 cm³/mol. The van der Waals surface area contributed by atoms with Crippen LogP contribution in [0.4, 0.5) is 10.1 Å². The number of rotatable bonds is 5. The third-order valence-corrected chi connectivity index (χ3v) is 5.13. The number of halogens is 1. The van der Waals surface area contributed by atoms with Gasteiger partial charge >= 0.3 is 5.97 Å². The third-order valence-electron chi connectivity index (χ3n) is 5.13. The standard InChI is InChI=1S/C18H22FNO3/c1-11-2-5-15(9-16(11)19)20-17(21)10-23-18(22)8-14-7-12-3-4-13(14)6-12/h2,5,9,12-14H,3-4,6-8,10H2,1H3,(H,20,21)/t12-,13+,14-/m0/s1. The summed E-state index contributed by atoms with van der Waals surface area (Å²) in [5.41, 5.74) is 0.877. The Labute approximate surface area is 135 Å². The smallest absolute Gasteiger partial charge is 0.306 e. The highest BCUT2D eigenvalue weighted by Crippen LogP contribution is 2.49. The van der Waals surface area contributed by atoms with Gasteiger partial charge in [-0.25, -0.2) is 4.39 Å². The highest BCUT2D eigenvalue weighted by Gasteiger charge is 2.40. The van der Waals surface area contributed by atoms with Crippen molar-refractivity contribution in [2.24, 2.45) is 17.8 Å². The van der Waals surface area contributed by atoms with Gasteiger partial charge in [-0.2, -0.15) is 0 Å². The lowest BCUT2D eigenvalue weighted by Crippen LogP contribution is -2.23. The summed E-state index contributed by atoms with van der Waals surface area (Å²) in [5.74, 6) is 0.739. The van der Waals surface area contributed by atoms with Crippen molar-refractivity contribution >= 4 is 17.6 Å². The molecule has 2 aliphatic rings. The van der Waals surface area contributed by atoms with Crippen LogP contribution in [0.15, 0.2) is 18.2 Å². The van der Waals surface area contributed by atoms with Crippen LogP contribution in [0.25, 0.3) is 0 Å². The second-order valence-electron chi connectivity index (χ2n) is 6.81. The molecule has 3 atom stereocenters. The van der Waals surface area contributed by atoms with Gasteiger partial charge in [0.15, 0.2) is 6.61 Å². The first kappa shape index (κ1) is 16.0. The van der Waals surface area contributed by atoms with Gasteiger partial charge in [-0.15, -0.1) is 0 Å². The molecule has 2 fully saturated rings. The number of carbonyl (C=O) groups excluding carboxylic acids is 2. The Bertz CT molecular complexity index is 616. The van der Waals surface area contributed by atoms with Gasteiger partial charge < -0.3 is 10.1 Å². The molecule has 0 aromatic heterocycles. The number of fused-ring (bicyclic) bond motifs is 2. The number of anilines is 1. The maximum absolute atomic E-state index is 13.4. The average Bonchev–Trinajstić information content (AvgIpc) is 3.12. The van der Waals surface area contributed by atoms with Crippen LogP contribution in [0.2, 0.25) is 0 Å². The number of esters is 1. The van der Waals surface area contributed by atoms with Gasteiger partial charge in [-0.3, -0.25) is 9.59 Å². The lowest BCUT2D eigenvalue weighted by Gasteiger charge is -2.20. The van der Waals surface area contributed by atoms with Crippen molar-refractivity contribution in [1.82, 2.24) is 0 Å². The monoisotopic (exact) mass is 319 g/mol. The number of carbonyl (C=O) groups is 2. The molecule has 124 valence electrons. The zero-order chi connectivity index (χ0) is 16.4. The Hall–Kier alpha value is -1.91. The zero-order valence-corrected chi connectivity index (χ0v) is 13.3. The van der Waals surface area contributed by atoms with E-state index >= 15 is 0 Å². The van der Waals surface area contributed by atoms with Crippen LogP contribution >= 0.6 is 0 Å². The molecule has 0 aliphatic heterocycles. The highest BCUT2D eigenvalue weighted by molar-refractivity contribution is 5.92. The van der Waals surface area contributed by atoms with Crippen LogP contribution in [0.5, 0.6) is 0 Å². The van der Waals surface area contributed by atoms with Gasteiger partial charge in [0, 0.05) is 12.1 Å². The van der Waals surface area contributed by atoms with Crippen molar-refractivity contribution in [3.05, 3.63) is 29.6 Å². The first-order chi connectivity index (χ1) is 11.0. The Kier molecular flexibility index (Phi) is 4.64. The van der Waals surface area contributed by atoms with E-state index in [0.29, 0.717) is 29.5 Å². The molecule has 2 saturated carbocycles. The molecule has 2 bridgehead atoms. The summed E-state index contributed by atoms with van der Waals surface area (Å²) < 4.78 is 18.5. The Balaban J connectivity index is 1.41. The minimum Gasteiger partial charge on any atom is -0.456 e. The number of nitrogens with one attached hydrogen (secondary N) is 1. The van der Waals surface area contributed by atoms with Crippen LogP contribution < -0.4 is 5.32 Å². The van der Waals surface area contributed by atoms with Crippen LogP contribution in [0.1, 0.15) is 37.7 Å². The topological polar surface area (TPSA) is 55.4 Å². The normalized spacial score (nSPS) is 25.4. The van der Waals surface area contributed by atoms with Gasteiger partial charge in [0.25, 0.3) is 5.91 Å². The number of hydrogen-bond donors (Lipinski definition) is 1. The summed E-state index contributed by atoms with van der Waals surface area (Å²) in [6.07, 6.45) is 5.30. The second kappa shape index (κ2) is 6.69. The van der Waals surface area contributed by atoms with E-state index < -0.39 is 5.91 Å². The van der Waals surface area contributed by atoms with Crippen molar-refractivity contribution in [1.29, 1.82) is 0 Å². The molecule has 0 saturated heterocycles. The minimum absolute atomic E-state index is 0.312. The van der Waals surface area contributed by atoms with Crippen molar-refractivity contribution in [3.63, 3.8) is 0 Å². The van der Waals surface area contributed by atoms with Crippen LogP contribution in [0.3, 0.4) is 0 Å². The fourth-order valence-corrected chi connectivity index (χ4v) is 3.91. The zero-order valence-electron chi connectivity index (χ0n) is 13.3. The highest BCUT2D eigenvalue weighted by atomic mass is 19.1. The van der Waals surface area contributed by atoms with Crippen LogP contribution in [-0.4, -0.2) is 18.5 Å². The van der Waals surface area contributed by atoms with E-state index in [1.54, 1.807) is 19.1 Å². The number of hydrogen-bond acceptors (Lipinski definition) is 3. The fourth-order valence-electron chi connectivity index (χ4n) is 3.91. The first-order valence-electron chi connectivity index (χ1n) is 8.23. The van der Waals surface area contributed by atoms with Gasteiger partial charge in [0.2, 0.25) is 0 Å². The molecule has 5 heteroatoms. The minimum atomic E-state index is -0.449. The molecule has 1 aromatic carbocycles. The molecule has 3 rings (SSSR count). The van der Waals surface area contributed by atoms with Crippen LogP contribution in [-0.2, 0) is 14.3 Å². The number of benzene rings is 1. The SMILES string of the molecule is Cc1ccc(NC(=O)COC(=O)C[C@@H]2C[C@H]3CC[C@@H]2C3)cc1F. The van der Waals surface area contributed by atoms with E-state index in [1.165, 1.54) is 25.3 Å². The summed E-state index contributed by atoms with van der Waals surface area (Å²) in [6.45, 7) is 1.33. The summed E-state index contributed by atoms with van der Waals surface area (Å²) in [7, 11) is 0. The summed E-state index contributed by atoms with van der Waals surface area (Å²) in [6, 6.07) is 4.46. The van der Waals surface area contributed by atoms with Gasteiger partial charge in [-0.05, 0) is 61.6 Å². The number of ether oxygens (including phenoxy) is 1. The lowest BCUT2D eigenvalue weighted by molar-refractivity contribution is -0.148. The summed E-state index contributed by atoms with van der Waals surface area (Å²) in [5, 5.41) is 2.53. The van der Waals surface area contributed by atoms with Crippen molar-refractivity contribution in [2.45, 2.75) is 39.0 Å². The van der Waals surface area contributed by atoms with E-state index in [9.17, 15) is 14.0 Å². The van der Waals surface area contributed by atoms with Gasteiger partial charge in [0.05, 0.1) is 0 Å². The van der Waals surface area contributed by atoms with Gasteiger partial charge in [0.1, 0.15) is 5.82 Å². The van der Waals surface area contributed by atoms with E-state index in [2.05, 4.69) is 5.32 Å². The molecule has 2 aliphatic carbocycles.